The summed E-state index contributed by atoms with van der Waals surface area (Å²) >= 11 is 0. The minimum Gasteiger partial charge on any atom is -0.481 e. The number of carboxylic acid groups (broad SMARTS) is 2. The second-order valence-electron chi connectivity index (χ2n) is 13.4. The topological polar surface area (TPSA) is 367 Å². The number of aliphatic carboxylic acids is 2. The van der Waals surface area contributed by atoms with E-state index in [9.17, 15) is 48.6 Å². The Balaban J connectivity index is 3.30. The van der Waals surface area contributed by atoms with E-state index in [4.69, 9.17) is 28.7 Å². The molecule has 0 radical (unpaired) electrons. The highest BCUT2D eigenvalue weighted by Crippen LogP contribution is 2.10. The number of nitrogens with one attached hydrogen (secondary N) is 5. The molecule has 20 heteroatoms. The van der Waals surface area contributed by atoms with E-state index in [1.165, 1.54) is 0 Å². The smallest absolute Gasteiger partial charge is 0.326 e. The Labute approximate surface area is 326 Å². The molecule has 0 heterocycles. The summed E-state index contributed by atoms with van der Waals surface area (Å²) in [6.45, 7) is 0.857. The first-order valence-corrected chi connectivity index (χ1v) is 18.8. The van der Waals surface area contributed by atoms with Gasteiger partial charge in [0, 0.05) is 6.42 Å². The van der Waals surface area contributed by atoms with Crippen molar-refractivity contribution >= 4 is 47.4 Å². The Bertz CT molecular complexity index is 1430. The second-order valence-corrected chi connectivity index (χ2v) is 13.4. The van der Waals surface area contributed by atoms with Gasteiger partial charge in [0.05, 0.1) is 12.5 Å². The molecular formula is C36H60N10O10. The van der Waals surface area contributed by atoms with Crippen LogP contribution in [0.4, 0.5) is 0 Å². The molecule has 6 amide bonds. The molecular weight excluding hydrogens is 732 g/mol. The molecule has 6 atom stereocenters. The molecule has 1 aromatic carbocycles. The molecule has 0 aliphatic rings. The third-order valence-electron chi connectivity index (χ3n) is 8.67. The zero-order valence-corrected chi connectivity index (χ0v) is 31.7. The van der Waals surface area contributed by atoms with E-state index >= 15 is 0 Å². The standard InChI is InChI=1S/C36H60N10O10/c37-17-7-4-12-24(42-31(50)23(40)20-22-10-2-1-3-11-22)32(51)43-25(13-5-8-18-38)33(52)45-27(15-16-30(48)49)35(54)44-26(14-6-9-19-39)34(53)46-28(36(55)56)21-29(41)47/h1-3,10-11,23-28H,4-9,12-21,37-40H2,(H2,41,47)(H,42,50)(H,43,51)(H,44,54)(H,45,52)(H,46,53)(H,48,49)(H,55,56)/t23-,24-,25-,26-,27-,28-/m0/s1. The van der Waals surface area contributed by atoms with Crippen LogP contribution in [-0.4, -0.2) is 113 Å². The molecule has 0 unspecified atom stereocenters. The van der Waals surface area contributed by atoms with Gasteiger partial charge in [-0.25, -0.2) is 4.79 Å². The largest absolute Gasteiger partial charge is 0.481 e. The Morgan fingerprint density at radius 2 is 0.911 bits per heavy atom. The monoisotopic (exact) mass is 792 g/mol. The van der Waals surface area contributed by atoms with Crippen LogP contribution in [0.15, 0.2) is 30.3 Å². The van der Waals surface area contributed by atoms with Crippen molar-refractivity contribution < 1.29 is 48.6 Å². The van der Waals surface area contributed by atoms with Crippen molar-refractivity contribution in [1.82, 2.24) is 26.6 Å². The van der Waals surface area contributed by atoms with Crippen molar-refractivity contribution in [1.29, 1.82) is 0 Å². The highest BCUT2D eigenvalue weighted by Gasteiger charge is 2.33. The van der Waals surface area contributed by atoms with Gasteiger partial charge >= 0.3 is 11.9 Å². The first-order chi connectivity index (χ1) is 26.6. The number of hydrogen-bond donors (Lipinski definition) is 12. The molecule has 0 fully saturated rings. The minimum absolute atomic E-state index is 0.0265. The first-order valence-electron chi connectivity index (χ1n) is 18.8. The summed E-state index contributed by atoms with van der Waals surface area (Å²) in [5.41, 5.74) is 29.0. The van der Waals surface area contributed by atoms with Crippen LogP contribution in [0, 0.1) is 0 Å². The molecule has 1 aromatic rings. The summed E-state index contributed by atoms with van der Waals surface area (Å²) in [6.07, 6.45) is 1.26. The number of primary amides is 1. The van der Waals surface area contributed by atoms with Crippen molar-refractivity contribution in [2.45, 2.75) is 120 Å². The number of carbonyl (C=O) groups excluding carboxylic acids is 6. The van der Waals surface area contributed by atoms with E-state index in [1.54, 1.807) is 12.1 Å². The highest BCUT2D eigenvalue weighted by molar-refractivity contribution is 5.97. The number of unbranched alkanes of at least 4 members (excludes halogenated alkanes) is 3. The van der Waals surface area contributed by atoms with Crippen molar-refractivity contribution in [2.75, 3.05) is 19.6 Å². The van der Waals surface area contributed by atoms with E-state index in [1.807, 2.05) is 18.2 Å². The maximum absolute atomic E-state index is 13.8. The van der Waals surface area contributed by atoms with E-state index in [0.29, 0.717) is 45.1 Å². The molecule has 20 nitrogen and oxygen atoms in total. The molecule has 0 aromatic heterocycles. The molecule has 0 saturated carbocycles. The van der Waals surface area contributed by atoms with Gasteiger partial charge in [-0.3, -0.25) is 33.6 Å². The lowest BCUT2D eigenvalue weighted by Gasteiger charge is -2.27. The summed E-state index contributed by atoms with van der Waals surface area (Å²) in [5, 5.41) is 31.3. The number of amides is 6. The number of carbonyl (C=O) groups is 8. The van der Waals surface area contributed by atoms with Crippen molar-refractivity contribution in [2.24, 2.45) is 28.7 Å². The van der Waals surface area contributed by atoms with Crippen LogP contribution in [0.1, 0.15) is 82.6 Å². The molecule has 0 spiro atoms. The van der Waals surface area contributed by atoms with Crippen LogP contribution < -0.4 is 55.3 Å². The lowest BCUT2D eigenvalue weighted by atomic mass is 10.0. The molecule has 0 aliphatic heterocycles. The van der Waals surface area contributed by atoms with Gasteiger partial charge in [-0.2, -0.15) is 0 Å². The number of nitrogens with two attached hydrogens (primary N) is 5. The van der Waals surface area contributed by atoms with E-state index in [0.717, 1.165) is 5.56 Å². The van der Waals surface area contributed by atoms with E-state index in [-0.39, 0.29) is 38.8 Å². The molecule has 314 valence electrons. The van der Waals surface area contributed by atoms with Crippen molar-refractivity contribution in [3.05, 3.63) is 35.9 Å². The molecule has 17 N–H and O–H groups in total. The fourth-order valence-corrected chi connectivity index (χ4v) is 5.55. The third kappa shape index (κ3) is 19.9. The van der Waals surface area contributed by atoms with Crippen LogP contribution in [-0.2, 0) is 44.8 Å². The SMILES string of the molecule is NCCCC[C@H](NC(=O)[C@H](CCC(=O)O)NC(=O)[C@H](CCCCN)NC(=O)[C@H](CCCCN)NC(=O)[C@@H](N)Cc1ccccc1)C(=O)N[C@@H](CC(N)=O)C(=O)O. The quantitative estimate of drug-likeness (QED) is 0.0350. The number of benzene rings is 1. The van der Waals surface area contributed by atoms with Crippen LogP contribution in [0.5, 0.6) is 0 Å². The molecule has 0 saturated heterocycles. The summed E-state index contributed by atoms with van der Waals surface area (Å²) < 4.78 is 0. The predicted octanol–water partition coefficient (Wildman–Crippen LogP) is -2.81. The predicted molar refractivity (Wildman–Crippen MR) is 205 cm³/mol. The normalized spacial score (nSPS) is 14.1. The maximum Gasteiger partial charge on any atom is 0.326 e. The Morgan fingerprint density at radius 1 is 0.536 bits per heavy atom. The zero-order chi connectivity index (χ0) is 42.0. The van der Waals surface area contributed by atoms with Gasteiger partial charge in [0.25, 0.3) is 0 Å². The number of rotatable bonds is 30. The van der Waals surface area contributed by atoms with Gasteiger partial charge in [0.1, 0.15) is 30.2 Å². The average molecular weight is 793 g/mol. The Hall–Kier alpha value is -5.18. The Kier molecular flexibility index (Phi) is 23.9. The van der Waals surface area contributed by atoms with E-state index < -0.39 is 103 Å². The van der Waals surface area contributed by atoms with Gasteiger partial charge in [0.15, 0.2) is 0 Å². The van der Waals surface area contributed by atoms with Crippen molar-refractivity contribution in [3.63, 3.8) is 0 Å². The lowest BCUT2D eigenvalue weighted by molar-refractivity contribution is -0.143. The first kappa shape index (κ1) is 48.8. The minimum atomic E-state index is -1.70. The van der Waals surface area contributed by atoms with Crippen LogP contribution in [0.2, 0.25) is 0 Å². The zero-order valence-electron chi connectivity index (χ0n) is 31.7. The van der Waals surface area contributed by atoms with Gasteiger partial charge in [0.2, 0.25) is 35.4 Å². The number of hydrogen-bond acceptors (Lipinski definition) is 12. The Morgan fingerprint density at radius 3 is 1.27 bits per heavy atom. The van der Waals surface area contributed by atoms with Gasteiger partial charge in [-0.15, -0.1) is 0 Å². The lowest BCUT2D eigenvalue weighted by Crippen LogP contribution is -2.59. The number of carboxylic acids is 2. The van der Waals surface area contributed by atoms with Gasteiger partial charge in [-0.05, 0) is 95.8 Å². The van der Waals surface area contributed by atoms with Crippen LogP contribution in [0.3, 0.4) is 0 Å². The van der Waals surface area contributed by atoms with Crippen molar-refractivity contribution in [3.8, 4) is 0 Å². The molecule has 0 bridgehead atoms. The summed E-state index contributed by atoms with van der Waals surface area (Å²) in [7, 11) is 0. The van der Waals surface area contributed by atoms with Crippen LogP contribution in [0.25, 0.3) is 0 Å². The highest BCUT2D eigenvalue weighted by atomic mass is 16.4. The van der Waals surface area contributed by atoms with Crippen LogP contribution >= 0.6 is 0 Å². The average Bonchev–Trinajstić information content (AvgIpc) is 3.14. The summed E-state index contributed by atoms with van der Waals surface area (Å²) in [4.78, 5) is 102. The van der Waals surface area contributed by atoms with E-state index in [2.05, 4.69) is 26.6 Å². The molecule has 56 heavy (non-hydrogen) atoms. The second kappa shape index (κ2) is 27.4. The maximum atomic E-state index is 13.8. The summed E-state index contributed by atoms with van der Waals surface area (Å²) in [5.74, 6) is -7.93. The summed E-state index contributed by atoms with van der Waals surface area (Å²) in [6, 6.07) is 1.08. The van der Waals surface area contributed by atoms with Gasteiger partial charge < -0.3 is 65.5 Å². The fraction of sp³-hybridized carbons (Fsp3) is 0.611. The molecule has 0 aliphatic carbocycles. The van der Waals surface area contributed by atoms with Gasteiger partial charge in [-0.1, -0.05) is 30.3 Å². The fourth-order valence-electron chi connectivity index (χ4n) is 5.55. The third-order valence-corrected chi connectivity index (χ3v) is 8.67. The molecule has 1 rings (SSSR count).